The molecule has 4 heteroatoms. The molecule has 96 valence electrons. The maximum absolute atomic E-state index is 4.59. The molecule has 0 aliphatic heterocycles. The van der Waals surface area contributed by atoms with Crippen LogP contribution in [-0.2, 0) is 6.54 Å². The highest BCUT2D eigenvalue weighted by atomic mass is 79.9. The van der Waals surface area contributed by atoms with E-state index in [9.17, 15) is 0 Å². The molecule has 0 radical (unpaired) electrons. The molecule has 0 amide bonds. The molecule has 0 saturated heterocycles. The van der Waals surface area contributed by atoms with Gasteiger partial charge in [-0.1, -0.05) is 13.0 Å². The summed E-state index contributed by atoms with van der Waals surface area (Å²) < 4.78 is 3.02. The van der Waals surface area contributed by atoms with Crippen molar-refractivity contribution < 1.29 is 0 Å². The van der Waals surface area contributed by atoms with Gasteiger partial charge in [0.2, 0.25) is 0 Å². The van der Waals surface area contributed by atoms with Crippen molar-refractivity contribution in [3.8, 4) is 5.69 Å². The summed E-state index contributed by atoms with van der Waals surface area (Å²) in [4.78, 5) is 0. The molecule has 1 heterocycles. The third-order valence-electron chi connectivity index (χ3n) is 2.83. The van der Waals surface area contributed by atoms with Gasteiger partial charge in [-0.05, 0) is 59.6 Å². The Balaban J connectivity index is 2.34. The van der Waals surface area contributed by atoms with E-state index in [-0.39, 0.29) is 0 Å². The molecular formula is C14H18BrN3. The molecule has 0 atom stereocenters. The highest BCUT2D eigenvalue weighted by Crippen LogP contribution is 2.25. The predicted octanol–water partition coefficient (Wildman–Crippen LogP) is 3.36. The zero-order valence-electron chi connectivity index (χ0n) is 11.0. The largest absolute Gasteiger partial charge is 0.311 e. The van der Waals surface area contributed by atoms with Gasteiger partial charge in [-0.3, -0.25) is 0 Å². The molecule has 0 aliphatic rings. The number of hydrogen-bond acceptors (Lipinski definition) is 2. The summed E-state index contributed by atoms with van der Waals surface area (Å²) in [6, 6.07) is 6.34. The molecule has 1 aromatic carbocycles. The van der Waals surface area contributed by atoms with E-state index >= 15 is 0 Å². The van der Waals surface area contributed by atoms with Gasteiger partial charge >= 0.3 is 0 Å². The number of halogens is 1. The lowest BCUT2D eigenvalue weighted by molar-refractivity contribution is 0.696. The van der Waals surface area contributed by atoms with Gasteiger partial charge in [0, 0.05) is 17.2 Å². The Hall–Kier alpha value is -1.13. The molecule has 0 aliphatic carbocycles. The first-order chi connectivity index (χ1) is 8.61. The van der Waals surface area contributed by atoms with Gasteiger partial charge in [-0.2, -0.15) is 5.10 Å². The van der Waals surface area contributed by atoms with Crippen molar-refractivity contribution in [3.05, 3.63) is 45.7 Å². The molecule has 18 heavy (non-hydrogen) atoms. The van der Waals surface area contributed by atoms with Gasteiger partial charge in [0.25, 0.3) is 0 Å². The van der Waals surface area contributed by atoms with E-state index < -0.39 is 0 Å². The van der Waals surface area contributed by atoms with Crippen molar-refractivity contribution in [2.75, 3.05) is 6.54 Å². The molecule has 0 unspecified atom stereocenters. The van der Waals surface area contributed by atoms with Crippen molar-refractivity contribution in [1.82, 2.24) is 15.1 Å². The number of aromatic nitrogens is 2. The van der Waals surface area contributed by atoms with Crippen molar-refractivity contribution in [2.24, 2.45) is 0 Å². The average Bonchev–Trinajstić information content (AvgIpc) is 2.73. The standard InChI is InChI=1S/C14H18BrN3/c1-4-16-9-12-5-6-18(17-12)14-11(3)7-10(2)8-13(14)15/h5-8,16H,4,9H2,1-3H3. The molecule has 0 saturated carbocycles. The number of nitrogens with one attached hydrogen (secondary N) is 1. The van der Waals surface area contributed by atoms with E-state index in [0.717, 1.165) is 28.9 Å². The van der Waals surface area contributed by atoms with Gasteiger partial charge in [0.05, 0.1) is 11.4 Å². The first-order valence-corrected chi connectivity index (χ1v) is 6.93. The van der Waals surface area contributed by atoms with Crippen LogP contribution in [0.1, 0.15) is 23.7 Å². The van der Waals surface area contributed by atoms with E-state index in [2.05, 4.69) is 59.2 Å². The lowest BCUT2D eigenvalue weighted by Crippen LogP contribution is -2.12. The molecule has 2 aromatic rings. The molecule has 3 nitrogen and oxygen atoms in total. The fourth-order valence-electron chi connectivity index (χ4n) is 2.03. The smallest absolute Gasteiger partial charge is 0.0816 e. The minimum Gasteiger partial charge on any atom is -0.311 e. The maximum Gasteiger partial charge on any atom is 0.0816 e. The minimum absolute atomic E-state index is 0.812. The second-order valence-corrected chi connectivity index (χ2v) is 5.30. The van der Waals surface area contributed by atoms with Crippen LogP contribution in [0.3, 0.4) is 0 Å². The maximum atomic E-state index is 4.59. The van der Waals surface area contributed by atoms with Crippen molar-refractivity contribution >= 4 is 15.9 Å². The normalized spacial score (nSPS) is 10.9. The number of hydrogen-bond donors (Lipinski definition) is 1. The van der Waals surface area contributed by atoms with Crippen molar-refractivity contribution in [3.63, 3.8) is 0 Å². The van der Waals surface area contributed by atoms with Gasteiger partial charge in [0.15, 0.2) is 0 Å². The van der Waals surface area contributed by atoms with Gasteiger partial charge in [-0.15, -0.1) is 0 Å². The van der Waals surface area contributed by atoms with Crippen LogP contribution in [0.25, 0.3) is 5.69 Å². The average molecular weight is 308 g/mol. The molecule has 2 rings (SSSR count). The van der Waals surface area contributed by atoms with E-state index in [1.54, 1.807) is 0 Å². The Kier molecular flexibility index (Phi) is 4.19. The highest BCUT2D eigenvalue weighted by Gasteiger charge is 2.08. The lowest BCUT2D eigenvalue weighted by atomic mass is 10.1. The number of nitrogens with zero attached hydrogens (tertiary/aromatic N) is 2. The summed E-state index contributed by atoms with van der Waals surface area (Å²) in [6.07, 6.45) is 2.01. The third-order valence-corrected chi connectivity index (χ3v) is 3.43. The van der Waals surface area contributed by atoms with Crippen LogP contribution in [0.15, 0.2) is 28.9 Å². The molecular weight excluding hydrogens is 290 g/mol. The van der Waals surface area contributed by atoms with Crippen LogP contribution in [0.2, 0.25) is 0 Å². The minimum atomic E-state index is 0.812. The van der Waals surface area contributed by atoms with Crippen LogP contribution in [-0.4, -0.2) is 16.3 Å². The molecule has 0 bridgehead atoms. The SMILES string of the molecule is CCNCc1ccn(-c2c(C)cc(C)cc2Br)n1. The van der Waals surface area contributed by atoms with Crippen LogP contribution < -0.4 is 5.32 Å². The Bertz CT molecular complexity index is 523. The Labute approximate surface area is 116 Å². The fraction of sp³-hybridized carbons (Fsp3) is 0.357. The first kappa shape index (κ1) is 13.3. The Morgan fingerprint density at radius 2 is 2.11 bits per heavy atom. The van der Waals surface area contributed by atoms with Crippen LogP contribution in [0, 0.1) is 13.8 Å². The molecule has 0 spiro atoms. The number of benzene rings is 1. The van der Waals surface area contributed by atoms with Gasteiger partial charge in [-0.25, -0.2) is 4.68 Å². The summed E-state index contributed by atoms with van der Waals surface area (Å²) >= 11 is 3.62. The predicted molar refractivity (Wildman–Crippen MR) is 78.1 cm³/mol. The topological polar surface area (TPSA) is 29.9 Å². The first-order valence-electron chi connectivity index (χ1n) is 6.14. The second kappa shape index (κ2) is 5.67. The second-order valence-electron chi connectivity index (χ2n) is 4.44. The van der Waals surface area contributed by atoms with E-state index in [1.807, 2.05) is 16.9 Å². The van der Waals surface area contributed by atoms with Gasteiger partial charge in [0.1, 0.15) is 0 Å². The monoisotopic (exact) mass is 307 g/mol. The zero-order chi connectivity index (χ0) is 13.1. The summed E-state index contributed by atoms with van der Waals surface area (Å²) in [5, 5.41) is 7.87. The Morgan fingerprint density at radius 1 is 1.33 bits per heavy atom. The summed E-state index contributed by atoms with van der Waals surface area (Å²) in [7, 11) is 0. The zero-order valence-corrected chi connectivity index (χ0v) is 12.6. The quantitative estimate of drug-likeness (QED) is 0.938. The van der Waals surface area contributed by atoms with E-state index in [0.29, 0.717) is 0 Å². The third kappa shape index (κ3) is 2.82. The lowest BCUT2D eigenvalue weighted by Gasteiger charge is -2.10. The van der Waals surface area contributed by atoms with Gasteiger partial charge < -0.3 is 5.32 Å². The van der Waals surface area contributed by atoms with Crippen LogP contribution in [0.4, 0.5) is 0 Å². The molecule has 0 fully saturated rings. The fourth-order valence-corrected chi connectivity index (χ4v) is 2.89. The van der Waals surface area contributed by atoms with Crippen LogP contribution in [0.5, 0.6) is 0 Å². The summed E-state index contributed by atoms with van der Waals surface area (Å²) in [5.74, 6) is 0. The number of aryl methyl sites for hydroxylation is 2. The van der Waals surface area contributed by atoms with Crippen molar-refractivity contribution in [1.29, 1.82) is 0 Å². The van der Waals surface area contributed by atoms with E-state index in [1.165, 1.54) is 11.1 Å². The van der Waals surface area contributed by atoms with Crippen LogP contribution >= 0.6 is 15.9 Å². The number of rotatable bonds is 4. The Morgan fingerprint density at radius 3 is 2.78 bits per heavy atom. The summed E-state index contributed by atoms with van der Waals surface area (Å²) in [6.45, 7) is 8.07. The summed E-state index contributed by atoms with van der Waals surface area (Å²) in [5.41, 5.74) is 4.65. The highest BCUT2D eigenvalue weighted by molar-refractivity contribution is 9.10. The van der Waals surface area contributed by atoms with Crippen molar-refractivity contribution in [2.45, 2.75) is 27.3 Å². The molecule has 1 N–H and O–H groups in total. The molecule has 1 aromatic heterocycles. The van der Waals surface area contributed by atoms with E-state index in [4.69, 9.17) is 0 Å².